The van der Waals surface area contributed by atoms with E-state index < -0.39 is 5.97 Å². The number of benzene rings is 1. The molecule has 1 aliphatic heterocycles. The lowest BCUT2D eigenvalue weighted by Crippen LogP contribution is -2.36. The average molecular weight is 358 g/mol. The van der Waals surface area contributed by atoms with E-state index in [4.69, 9.17) is 5.11 Å². The van der Waals surface area contributed by atoms with Crippen LogP contribution in [-0.4, -0.2) is 40.7 Å². The highest BCUT2D eigenvalue weighted by Crippen LogP contribution is 2.25. The molecule has 0 saturated carbocycles. The van der Waals surface area contributed by atoms with Crippen molar-refractivity contribution in [2.75, 3.05) is 18.8 Å². The molecule has 6 heteroatoms. The maximum absolute atomic E-state index is 12.0. The minimum Gasteiger partial charge on any atom is -0.478 e. The lowest BCUT2D eigenvalue weighted by Gasteiger charge is -2.26. The predicted molar refractivity (Wildman–Crippen MR) is 82.3 cm³/mol. The summed E-state index contributed by atoms with van der Waals surface area (Å²) < 4.78 is 0.553. The smallest absolute Gasteiger partial charge is 0.336 e. The van der Waals surface area contributed by atoms with Crippen molar-refractivity contribution < 1.29 is 14.7 Å². The van der Waals surface area contributed by atoms with Crippen molar-refractivity contribution in [3.05, 3.63) is 28.2 Å². The zero-order valence-electron chi connectivity index (χ0n) is 11.0. The number of carboxylic acids is 1. The van der Waals surface area contributed by atoms with Gasteiger partial charge in [0, 0.05) is 22.5 Å². The second kappa shape index (κ2) is 7.13. The molecule has 1 fully saturated rings. The Kier molecular flexibility index (Phi) is 5.48. The molecule has 1 aromatic carbocycles. The summed E-state index contributed by atoms with van der Waals surface area (Å²) in [7, 11) is 0. The van der Waals surface area contributed by atoms with Gasteiger partial charge in [-0.3, -0.25) is 4.79 Å². The number of hydrogen-bond acceptors (Lipinski definition) is 3. The number of amides is 1. The molecule has 0 spiro atoms. The number of carbonyl (C=O) groups is 2. The summed E-state index contributed by atoms with van der Waals surface area (Å²) in [5.41, 5.74) is 0.223. The molecule has 0 aliphatic carbocycles. The first kappa shape index (κ1) is 15.4. The first-order valence-corrected chi connectivity index (χ1v) is 8.29. The zero-order chi connectivity index (χ0) is 14.5. The van der Waals surface area contributed by atoms with E-state index in [0.29, 0.717) is 10.2 Å². The molecule has 1 aliphatic rings. The van der Waals surface area contributed by atoms with Crippen LogP contribution in [0.1, 0.15) is 29.6 Å². The molecule has 1 amide bonds. The van der Waals surface area contributed by atoms with E-state index >= 15 is 0 Å². The summed E-state index contributed by atoms with van der Waals surface area (Å²) in [5, 5.41) is 9.06. The van der Waals surface area contributed by atoms with Crippen LogP contribution >= 0.6 is 27.7 Å². The summed E-state index contributed by atoms with van der Waals surface area (Å²) in [4.78, 5) is 25.8. The van der Waals surface area contributed by atoms with Gasteiger partial charge in [-0.15, -0.1) is 11.8 Å². The van der Waals surface area contributed by atoms with Crippen molar-refractivity contribution in [3.8, 4) is 0 Å². The number of aromatic carboxylic acids is 1. The van der Waals surface area contributed by atoms with Crippen LogP contribution in [0.4, 0.5) is 0 Å². The van der Waals surface area contributed by atoms with Crippen LogP contribution in [0.3, 0.4) is 0 Å². The van der Waals surface area contributed by atoms with Crippen LogP contribution in [0.15, 0.2) is 27.6 Å². The lowest BCUT2D eigenvalue weighted by molar-refractivity contribution is -0.129. The van der Waals surface area contributed by atoms with Gasteiger partial charge in [-0.2, -0.15) is 0 Å². The molecule has 0 radical (unpaired) electrons. The minimum atomic E-state index is -0.971. The number of thioether (sulfide) groups is 1. The van der Waals surface area contributed by atoms with Crippen molar-refractivity contribution in [2.45, 2.75) is 24.2 Å². The normalized spacial score (nSPS) is 15.2. The SMILES string of the molecule is O=C(O)c1cc(SCC(=O)N2CCCCC2)ccc1Br. The Labute approximate surface area is 130 Å². The molecule has 0 atom stereocenters. The molecule has 4 nitrogen and oxygen atoms in total. The van der Waals surface area contributed by atoms with Gasteiger partial charge in [0.25, 0.3) is 0 Å². The van der Waals surface area contributed by atoms with Crippen LogP contribution in [0.25, 0.3) is 0 Å². The van der Waals surface area contributed by atoms with Gasteiger partial charge < -0.3 is 10.0 Å². The lowest BCUT2D eigenvalue weighted by atomic mass is 10.1. The van der Waals surface area contributed by atoms with Gasteiger partial charge in [-0.25, -0.2) is 4.79 Å². The number of piperidine rings is 1. The first-order valence-electron chi connectivity index (χ1n) is 6.51. The second-order valence-electron chi connectivity index (χ2n) is 4.68. The molecule has 108 valence electrons. The third-order valence-corrected chi connectivity index (χ3v) is 4.91. The standard InChI is InChI=1S/C14H16BrNO3S/c15-12-5-4-10(8-11(12)14(18)19)20-9-13(17)16-6-2-1-3-7-16/h4-5,8H,1-3,6-7,9H2,(H,18,19). The van der Waals surface area contributed by atoms with E-state index in [2.05, 4.69) is 15.9 Å². The van der Waals surface area contributed by atoms with E-state index in [1.807, 2.05) is 11.0 Å². The van der Waals surface area contributed by atoms with Crippen LogP contribution < -0.4 is 0 Å². The summed E-state index contributed by atoms with van der Waals surface area (Å²) in [6.45, 7) is 1.69. The number of likely N-dealkylation sites (tertiary alicyclic amines) is 1. The first-order chi connectivity index (χ1) is 9.58. The fourth-order valence-electron chi connectivity index (χ4n) is 2.14. The monoisotopic (exact) mass is 357 g/mol. The molecule has 2 rings (SSSR count). The summed E-state index contributed by atoms with van der Waals surface area (Å²) in [6, 6.07) is 5.13. The van der Waals surface area contributed by atoms with Gasteiger partial charge in [0.15, 0.2) is 0 Å². The van der Waals surface area contributed by atoms with Gasteiger partial charge >= 0.3 is 5.97 Å². The van der Waals surface area contributed by atoms with Crippen molar-refractivity contribution in [2.24, 2.45) is 0 Å². The van der Waals surface area contributed by atoms with Crippen molar-refractivity contribution in [1.29, 1.82) is 0 Å². The van der Waals surface area contributed by atoms with Gasteiger partial charge in [0.1, 0.15) is 0 Å². The molecule has 0 aromatic heterocycles. The molecule has 20 heavy (non-hydrogen) atoms. The molecule has 1 saturated heterocycles. The fraction of sp³-hybridized carbons (Fsp3) is 0.429. The highest BCUT2D eigenvalue weighted by molar-refractivity contribution is 9.10. The Morgan fingerprint density at radius 3 is 2.60 bits per heavy atom. The Morgan fingerprint density at radius 2 is 1.95 bits per heavy atom. The third-order valence-electron chi connectivity index (χ3n) is 3.24. The average Bonchev–Trinajstić information content (AvgIpc) is 2.46. The topological polar surface area (TPSA) is 57.6 Å². The van der Waals surface area contributed by atoms with Crippen molar-refractivity contribution in [1.82, 2.24) is 4.90 Å². The van der Waals surface area contributed by atoms with E-state index in [0.717, 1.165) is 30.8 Å². The minimum absolute atomic E-state index is 0.134. The van der Waals surface area contributed by atoms with Crippen LogP contribution in [-0.2, 0) is 4.79 Å². The Bertz CT molecular complexity index is 515. The van der Waals surface area contributed by atoms with E-state index in [9.17, 15) is 9.59 Å². The highest BCUT2D eigenvalue weighted by atomic mass is 79.9. The predicted octanol–water partition coefficient (Wildman–Crippen LogP) is 3.25. The summed E-state index contributed by atoms with van der Waals surface area (Å²) >= 11 is 4.60. The molecular weight excluding hydrogens is 342 g/mol. The maximum Gasteiger partial charge on any atom is 0.336 e. The van der Waals surface area contributed by atoms with E-state index in [1.165, 1.54) is 18.2 Å². The van der Waals surface area contributed by atoms with Crippen molar-refractivity contribution in [3.63, 3.8) is 0 Å². The van der Waals surface area contributed by atoms with Crippen LogP contribution in [0, 0.1) is 0 Å². The number of halogens is 1. The molecule has 1 heterocycles. The van der Waals surface area contributed by atoms with Crippen molar-refractivity contribution >= 4 is 39.6 Å². The molecule has 1 aromatic rings. The Hall–Kier alpha value is -1.01. The van der Waals surface area contributed by atoms with Gasteiger partial charge in [-0.1, -0.05) is 0 Å². The number of carboxylic acid groups (broad SMARTS) is 1. The summed E-state index contributed by atoms with van der Waals surface area (Å²) in [6.07, 6.45) is 3.36. The largest absolute Gasteiger partial charge is 0.478 e. The van der Waals surface area contributed by atoms with Gasteiger partial charge in [0.05, 0.1) is 11.3 Å². The van der Waals surface area contributed by atoms with Gasteiger partial charge in [-0.05, 0) is 53.4 Å². The zero-order valence-corrected chi connectivity index (χ0v) is 13.4. The fourth-order valence-corrected chi connectivity index (χ4v) is 3.39. The van der Waals surface area contributed by atoms with E-state index in [-0.39, 0.29) is 11.5 Å². The third kappa shape index (κ3) is 3.99. The molecule has 0 unspecified atom stereocenters. The Balaban J connectivity index is 1.95. The summed E-state index contributed by atoms with van der Waals surface area (Å²) in [5.74, 6) is -0.475. The second-order valence-corrected chi connectivity index (χ2v) is 6.58. The van der Waals surface area contributed by atoms with Gasteiger partial charge in [0.2, 0.25) is 5.91 Å². The van der Waals surface area contributed by atoms with Crippen LogP contribution in [0.5, 0.6) is 0 Å². The maximum atomic E-state index is 12.0. The highest BCUT2D eigenvalue weighted by Gasteiger charge is 2.17. The number of rotatable bonds is 4. The molecule has 0 bridgehead atoms. The Morgan fingerprint density at radius 1 is 1.25 bits per heavy atom. The number of hydrogen-bond donors (Lipinski definition) is 1. The molecular formula is C14H16BrNO3S. The van der Waals surface area contributed by atoms with Crippen LogP contribution in [0.2, 0.25) is 0 Å². The quantitative estimate of drug-likeness (QED) is 0.840. The van der Waals surface area contributed by atoms with E-state index in [1.54, 1.807) is 12.1 Å². The number of nitrogens with zero attached hydrogens (tertiary/aromatic N) is 1. The number of carbonyl (C=O) groups excluding carboxylic acids is 1. The molecule has 1 N–H and O–H groups in total.